The first-order valence-corrected chi connectivity index (χ1v) is 11.5. The number of nitrogens with one attached hydrogen (secondary N) is 2. The molecule has 0 saturated heterocycles. The number of anilines is 2. The molecule has 10 nitrogen and oxygen atoms in total. The second-order valence-corrected chi connectivity index (χ2v) is 7.68. The number of nitrogens with zero attached hydrogens (tertiary/aromatic N) is 2. The Kier molecular flexibility index (Phi) is 8.94. The van der Waals surface area contributed by atoms with E-state index >= 15 is 0 Å². The van der Waals surface area contributed by atoms with E-state index in [9.17, 15) is 14.4 Å². The van der Waals surface area contributed by atoms with Crippen LogP contribution < -0.4 is 36.7 Å². The molecular weight excluding hydrogens is 450 g/mol. The van der Waals surface area contributed by atoms with Crippen LogP contribution in [0.15, 0.2) is 64.2 Å². The lowest BCUT2D eigenvalue weighted by Gasteiger charge is -2.24. The Morgan fingerprint density at radius 2 is 1.69 bits per heavy atom. The molecule has 2 aromatic carbocycles. The zero-order valence-electron chi connectivity index (χ0n) is 20.0. The van der Waals surface area contributed by atoms with Crippen molar-refractivity contribution in [2.75, 3.05) is 43.5 Å². The molecule has 4 N–H and O–H groups in total. The zero-order valence-corrected chi connectivity index (χ0v) is 20.0. The topological polar surface area (TPSA) is 132 Å². The van der Waals surface area contributed by atoms with Crippen molar-refractivity contribution in [1.82, 2.24) is 14.9 Å². The van der Waals surface area contributed by atoms with E-state index < -0.39 is 11.2 Å². The summed E-state index contributed by atoms with van der Waals surface area (Å²) in [5, 5.41) is 2.77. The summed E-state index contributed by atoms with van der Waals surface area (Å²) in [5.41, 5.74) is 5.94. The van der Waals surface area contributed by atoms with Crippen LogP contribution in [-0.2, 0) is 11.3 Å². The molecule has 1 aromatic heterocycles. The zero-order chi connectivity index (χ0) is 25.2. The predicted molar refractivity (Wildman–Crippen MR) is 135 cm³/mol. The quantitative estimate of drug-likeness (QED) is 0.335. The molecule has 10 heteroatoms. The molecule has 186 valence electrons. The largest absolute Gasteiger partial charge is 0.494 e. The molecule has 0 aliphatic heterocycles. The highest BCUT2D eigenvalue weighted by atomic mass is 16.5. The van der Waals surface area contributed by atoms with Gasteiger partial charge in [-0.1, -0.05) is 30.3 Å². The number of nitrogen functional groups attached to an aromatic ring is 1. The summed E-state index contributed by atoms with van der Waals surface area (Å²) in [7, 11) is 0. The fraction of sp³-hybridized carbons (Fsp3) is 0.320. The number of H-pyrrole nitrogens is 1. The highest BCUT2D eigenvalue weighted by Crippen LogP contribution is 2.18. The summed E-state index contributed by atoms with van der Waals surface area (Å²) in [6.45, 7) is 5.30. The Morgan fingerprint density at radius 3 is 2.31 bits per heavy atom. The van der Waals surface area contributed by atoms with E-state index in [0.717, 1.165) is 11.3 Å². The van der Waals surface area contributed by atoms with Gasteiger partial charge in [0.25, 0.3) is 5.56 Å². The van der Waals surface area contributed by atoms with Crippen LogP contribution in [0.1, 0.15) is 19.4 Å². The summed E-state index contributed by atoms with van der Waals surface area (Å²) in [6, 6.07) is 16.5. The lowest BCUT2D eigenvalue weighted by atomic mass is 10.2. The lowest BCUT2D eigenvalue weighted by molar-refractivity contribution is -0.119. The van der Waals surface area contributed by atoms with Gasteiger partial charge in [-0.2, -0.15) is 0 Å². The van der Waals surface area contributed by atoms with Gasteiger partial charge >= 0.3 is 5.69 Å². The van der Waals surface area contributed by atoms with Crippen LogP contribution in [-0.4, -0.2) is 48.3 Å². The fourth-order valence-corrected chi connectivity index (χ4v) is 3.54. The van der Waals surface area contributed by atoms with Gasteiger partial charge in [0, 0.05) is 6.54 Å². The van der Waals surface area contributed by atoms with Gasteiger partial charge in [0.05, 0.1) is 26.2 Å². The number of aromatic amines is 1. The number of benzene rings is 2. The van der Waals surface area contributed by atoms with Gasteiger partial charge in [0.15, 0.2) is 0 Å². The van der Waals surface area contributed by atoms with E-state index in [1.54, 1.807) is 19.1 Å². The van der Waals surface area contributed by atoms with Gasteiger partial charge in [0.1, 0.15) is 29.6 Å². The molecule has 0 atom stereocenters. The van der Waals surface area contributed by atoms with Crippen LogP contribution in [0.3, 0.4) is 0 Å². The molecule has 0 saturated carbocycles. The molecule has 3 aromatic rings. The molecule has 35 heavy (non-hydrogen) atoms. The molecular formula is C25H31N5O5. The number of carbonyl (C=O) groups excluding carboxylic acids is 1. The molecule has 0 unspecified atom stereocenters. The van der Waals surface area contributed by atoms with Crippen LogP contribution in [0.2, 0.25) is 0 Å². The number of ether oxygens (including phenoxy) is 2. The lowest BCUT2D eigenvalue weighted by Crippen LogP contribution is -2.43. The van der Waals surface area contributed by atoms with Crippen LogP contribution in [0.25, 0.3) is 0 Å². The number of hydrogen-bond donors (Lipinski definition) is 3. The van der Waals surface area contributed by atoms with Gasteiger partial charge < -0.3 is 25.4 Å². The Bertz CT molecular complexity index is 1220. The maximum Gasteiger partial charge on any atom is 0.330 e. The summed E-state index contributed by atoms with van der Waals surface area (Å²) in [4.78, 5) is 41.4. The first-order valence-electron chi connectivity index (χ1n) is 11.5. The molecule has 3 rings (SSSR count). The van der Waals surface area contributed by atoms with Crippen molar-refractivity contribution in [1.29, 1.82) is 0 Å². The maximum atomic E-state index is 12.6. The third-order valence-electron chi connectivity index (χ3n) is 5.26. The van der Waals surface area contributed by atoms with Crippen molar-refractivity contribution in [2.45, 2.75) is 20.4 Å². The predicted octanol–water partition coefficient (Wildman–Crippen LogP) is 1.59. The van der Waals surface area contributed by atoms with Gasteiger partial charge in [-0.15, -0.1) is 0 Å². The van der Waals surface area contributed by atoms with Crippen LogP contribution >= 0.6 is 0 Å². The van der Waals surface area contributed by atoms with Crippen molar-refractivity contribution in [3.8, 4) is 11.5 Å². The summed E-state index contributed by atoms with van der Waals surface area (Å²) < 4.78 is 12.3. The first-order chi connectivity index (χ1) is 16.9. The molecule has 0 aliphatic carbocycles. The van der Waals surface area contributed by atoms with Gasteiger partial charge in [-0.3, -0.25) is 19.1 Å². The molecule has 0 fully saturated rings. The monoisotopic (exact) mass is 481 g/mol. The highest BCUT2D eigenvalue weighted by Gasteiger charge is 2.20. The van der Waals surface area contributed by atoms with Crippen LogP contribution in [0.4, 0.5) is 11.5 Å². The van der Waals surface area contributed by atoms with E-state index in [-0.39, 0.29) is 43.7 Å². The van der Waals surface area contributed by atoms with Crippen molar-refractivity contribution in [2.24, 2.45) is 0 Å². The van der Waals surface area contributed by atoms with E-state index in [2.05, 4.69) is 10.3 Å². The van der Waals surface area contributed by atoms with Gasteiger partial charge in [-0.25, -0.2) is 4.79 Å². The molecule has 0 radical (unpaired) electrons. The number of nitrogens with two attached hydrogens (primary N) is 1. The number of aromatic nitrogens is 2. The number of likely N-dealkylation sites (N-methyl/N-ethyl adjacent to an activating group) is 1. The van der Waals surface area contributed by atoms with Crippen molar-refractivity contribution in [3.63, 3.8) is 0 Å². The van der Waals surface area contributed by atoms with Crippen LogP contribution in [0, 0.1) is 0 Å². The van der Waals surface area contributed by atoms with Crippen molar-refractivity contribution < 1.29 is 14.3 Å². The Hall–Kier alpha value is -4.21. The van der Waals surface area contributed by atoms with E-state index in [1.807, 2.05) is 49.4 Å². The highest BCUT2D eigenvalue weighted by molar-refractivity contribution is 5.82. The summed E-state index contributed by atoms with van der Waals surface area (Å²) >= 11 is 0. The van der Waals surface area contributed by atoms with Crippen molar-refractivity contribution in [3.05, 3.63) is 81.0 Å². The van der Waals surface area contributed by atoms with Gasteiger partial charge in [-0.05, 0) is 43.7 Å². The molecule has 1 amide bonds. The fourth-order valence-electron chi connectivity index (χ4n) is 3.54. The minimum atomic E-state index is -0.634. The smallest absolute Gasteiger partial charge is 0.330 e. The standard InChI is InChI=1S/C25H31N5O5/c1-3-29(17-21(31)27-14-15-35-20-12-10-19(11-13-20)34-4-2)22-23(26)30(25(33)28-24(22)32)16-18-8-6-5-7-9-18/h5-13H,3-4,14-17,26H2,1-2H3,(H,27,31)(H,28,32,33). The summed E-state index contributed by atoms with van der Waals surface area (Å²) in [5.74, 6) is 1.13. The Labute approximate surface area is 203 Å². The summed E-state index contributed by atoms with van der Waals surface area (Å²) in [6.07, 6.45) is 0. The SMILES string of the molecule is CCOc1ccc(OCCNC(=O)CN(CC)c2c(N)n(Cc3ccccc3)c(=O)[nH]c2=O)cc1. The Morgan fingerprint density at radius 1 is 1.03 bits per heavy atom. The number of carbonyl (C=O) groups is 1. The number of hydrogen-bond acceptors (Lipinski definition) is 7. The minimum absolute atomic E-state index is 0.0103. The third kappa shape index (κ3) is 6.89. The number of amides is 1. The third-order valence-corrected chi connectivity index (χ3v) is 5.26. The van der Waals surface area contributed by atoms with E-state index in [1.165, 1.54) is 9.47 Å². The molecule has 0 aliphatic rings. The minimum Gasteiger partial charge on any atom is -0.494 e. The molecule has 0 bridgehead atoms. The van der Waals surface area contributed by atoms with Gasteiger partial charge in [0.2, 0.25) is 5.91 Å². The average Bonchev–Trinajstić information content (AvgIpc) is 2.85. The molecule has 1 heterocycles. The second-order valence-electron chi connectivity index (χ2n) is 7.68. The van der Waals surface area contributed by atoms with Crippen LogP contribution in [0.5, 0.6) is 11.5 Å². The maximum absolute atomic E-state index is 12.6. The number of rotatable bonds is 12. The Balaban J connectivity index is 1.61. The van der Waals surface area contributed by atoms with E-state index in [0.29, 0.717) is 18.9 Å². The second kappa shape index (κ2) is 12.3. The first kappa shape index (κ1) is 25.4. The van der Waals surface area contributed by atoms with Crippen molar-refractivity contribution >= 4 is 17.4 Å². The normalized spacial score (nSPS) is 10.6. The molecule has 0 spiro atoms. The van der Waals surface area contributed by atoms with E-state index in [4.69, 9.17) is 15.2 Å². The average molecular weight is 482 g/mol.